The highest BCUT2D eigenvalue weighted by atomic mass is 32.1. The predicted octanol–water partition coefficient (Wildman–Crippen LogP) is 3.04. The van der Waals surface area contributed by atoms with Crippen LogP contribution in [0.5, 0.6) is 0 Å². The molecule has 0 bridgehead atoms. The van der Waals surface area contributed by atoms with Gasteiger partial charge in [0.1, 0.15) is 0 Å². The molecule has 3 nitrogen and oxygen atoms in total. The Balaban J connectivity index is 2.22. The summed E-state index contributed by atoms with van der Waals surface area (Å²) < 4.78 is 5.39. The first-order valence-corrected chi connectivity index (χ1v) is 6.01. The van der Waals surface area contributed by atoms with Crippen LogP contribution >= 0.6 is 11.3 Å². The molecule has 0 radical (unpaired) electrons. The van der Waals surface area contributed by atoms with Gasteiger partial charge in [0.05, 0.1) is 6.04 Å². The zero-order valence-electron chi connectivity index (χ0n) is 9.14. The Labute approximate surface area is 93.7 Å². The van der Waals surface area contributed by atoms with Gasteiger partial charge in [-0.25, -0.2) is 4.79 Å². The second kappa shape index (κ2) is 3.85. The first-order valence-electron chi connectivity index (χ1n) is 5.13. The third-order valence-corrected chi connectivity index (χ3v) is 3.63. The molecule has 2 rings (SSSR count). The molecule has 0 saturated carbocycles. The quantitative estimate of drug-likeness (QED) is 0.774. The molecule has 1 amide bonds. The Morgan fingerprint density at radius 3 is 2.73 bits per heavy atom. The van der Waals surface area contributed by atoms with Crippen molar-refractivity contribution in [3.63, 3.8) is 0 Å². The summed E-state index contributed by atoms with van der Waals surface area (Å²) in [6.07, 6.45) is -0.296. The minimum atomic E-state index is -0.198. The van der Waals surface area contributed by atoms with Crippen LogP contribution in [0.1, 0.15) is 31.8 Å². The van der Waals surface area contributed by atoms with E-state index >= 15 is 0 Å². The number of thiophene rings is 1. The molecule has 1 aliphatic rings. The van der Waals surface area contributed by atoms with E-state index < -0.39 is 0 Å². The number of carbonyl (C=O) groups excluding carboxylic acids is 1. The standard InChI is InChI=1S/C11H15NO2S/c1-7(2)12-8(3)10(14-11(12)13)9-5-4-6-15-9/h4-8,10H,1-3H3/t8-,10-/m0/s1. The van der Waals surface area contributed by atoms with Crippen molar-refractivity contribution in [3.8, 4) is 0 Å². The van der Waals surface area contributed by atoms with Gasteiger partial charge in [-0.05, 0) is 32.2 Å². The molecule has 2 heterocycles. The second-order valence-electron chi connectivity index (χ2n) is 4.06. The van der Waals surface area contributed by atoms with Gasteiger partial charge in [0, 0.05) is 10.9 Å². The SMILES string of the molecule is CC(C)N1C(=O)O[C@H](c2cccs2)[C@@H]1C. The molecule has 0 spiro atoms. The highest BCUT2D eigenvalue weighted by Crippen LogP contribution is 2.35. The monoisotopic (exact) mass is 225 g/mol. The predicted molar refractivity (Wildman–Crippen MR) is 60.0 cm³/mol. The van der Waals surface area contributed by atoms with Crippen LogP contribution in [-0.2, 0) is 4.74 Å². The Bertz CT molecular complexity index is 347. The van der Waals surface area contributed by atoms with Gasteiger partial charge >= 0.3 is 6.09 Å². The molecule has 2 atom stereocenters. The van der Waals surface area contributed by atoms with E-state index in [1.54, 1.807) is 16.2 Å². The van der Waals surface area contributed by atoms with E-state index in [4.69, 9.17) is 4.74 Å². The lowest BCUT2D eigenvalue weighted by atomic mass is 10.1. The van der Waals surface area contributed by atoms with Crippen LogP contribution in [0.2, 0.25) is 0 Å². The summed E-state index contributed by atoms with van der Waals surface area (Å²) in [7, 11) is 0. The third-order valence-electron chi connectivity index (χ3n) is 2.70. The summed E-state index contributed by atoms with van der Waals surface area (Å²) in [6.45, 7) is 6.05. The summed E-state index contributed by atoms with van der Waals surface area (Å²) in [5, 5.41) is 2.01. The number of amides is 1. The lowest BCUT2D eigenvalue weighted by Gasteiger charge is -2.23. The van der Waals surface area contributed by atoms with Crippen LogP contribution in [0.25, 0.3) is 0 Å². The van der Waals surface area contributed by atoms with Crippen LogP contribution in [0.4, 0.5) is 4.79 Å². The third kappa shape index (κ3) is 1.74. The number of ether oxygens (including phenoxy) is 1. The fourth-order valence-electron chi connectivity index (χ4n) is 2.01. The molecule has 0 unspecified atom stereocenters. The molecule has 0 aromatic carbocycles. The van der Waals surface area contributed by atoms with E-state index in [1.807, 2.05) is 38.3 Å². The average molecular weight is 225 g/mol. The number of carbonyl (C=O) groups is 1. The molecule has 1 aromatic rings. The van der Waals surface area contributed by atoms with E-state index in [0.29, 0.717) is 0 Å². The van der Waals surface area contributed by atoms with Crippen LogP contribution in [0.3, 0.4) is 0 Å². The molecule has 1 aromatic heterocycles. The summed E-state index contributed by atoms with van der Waals surface area (Å²) >= 11 is 1.64. The summed E-state index contributed by atoms with van der Waals surface area (Å²) in [5.41, 5.74) is 0. The van der Waals surface area contributed by atoms with E-state index in [2.05, 4.69) is 0 Å². The smallest absolute Gasteiger partial charge is 0.411 e. The lowest BCUT2D eigenvalue weighted by molar-refractivity contribution is 0.130. The Hall–Kier alpha value is -1.03. The van der Waals surface area contributed by atoms with Gasteiger partial charge in [-0.2, -0.15) is 0 Å². The van der Waals surface area contributed by atoms with E-state index in [1.165, 1.54) is 0 Å². The summed E-state index contributed by atoms with van der Waals surface area (Å²) in [4.78, 5) is 14.6. The normalized spacial score (nSPS) is 26.1. The van der Waals surface area contributed by atoms with Crippen LogP contribution < -0.4 is 0 Å². The lowest BCUT2D eigenvalue weighted by Crippen LogP contribution is -2.37. The van der Waals surface area contributed by atoms with Crippen LogP contribution in [0.15, 0.2) is 17.5 Å². The van der Waals surface area contributed by atoms with E-state index in [9.17, 15) is 4.79 Å². The van der Waals surface area contributed by atoms with Crippen molar-refractivity contribution in [2.24, 2.45) is 0 Å². The Morgan fingerprint density at radius 2 is 2.27 bits per heavy atom. The largest absolute Gasteiger partial charge is 0.438 e. The number of cyclic esters (lactones) is 1. The minimum absolute atomic E-state index is 0.0973. The van der Waals surface area contributed by atoms with E-state index in [-0.39, 0.29) is 24.3 Å². The van der Waals surface area contributed by atoms with Crippen molar-refractivity contribution in [1.82, 2.24) is 4.90 Å². The van der Waals surface area contributed by atoms with Crippen molar-refractivity contribution in [2.45, 2.75) is 39.0 Å². The first kappa shape index (κ1) is 10.5. The van der Waals surface area contributed by atoms with E-state index in [0.717, 1.165) is 4.88 Å². The van der Waals surface area contributed by atoms with Crippen LogP contribution in [-0.4, -0.2) is 23.1 Å². The van der Waals surface area contributed by atoms with Gasteiger partial charge in [0.25, 0.3) is 0 Å². The number of rotatable bonds is 2. The zero-order valence-corrected chi connectivity index (χ0v) is 9.95. The van der Waals surface area contributed by atoms with Gasteiger partial charge in [0.15, 0.2) is 6.10 Å². The molecule has 1 saturated heterocycles. The summed E-state index contributed by atoms with van der Waals surface area (Å²) in [5.74, 6) is 0. The fraction of sp³-hybridized carbons (Fsp3) is 0.545. The summed E-state index contributed by atoms with van der Waals surface area (Å²) in [6, 6.07) is 4.32. The topological polar surface area (TPSA) is 29.5 Å². The second-order valence-corrected chi connectivity index (χ2v) is 5.04. The van der Waals surface area contributed by atoms with Gasteiger partial charge in [-0.15, -0.1) is 11.3 Å². The van der Waals surface area contributed by atoms with Crippen molar-refractivity contribution in [2.75, 3.05) is 0 Å². The molecule has 0 aliphatic carbocycles. The molecule has 4 heteroatoms. The maximum absolute atomic E-state index is 11.6. The molecular weight excluding hydrogens is 210 g/mol. The highest BCUT2D eigenvalue weighted by Gasteiger charge is 2.41. The molecular formula is C11H15NO2S. The minimum Gasteiger partial charge on any atom is -0.438 e. The van der Waals surface area contributed by atoms with Crippen molar-refractivity contribution >= 4 is 17.4 Å². The average Bonchev–Trinajstić information content (AvgIpc) is 2.72. The van der Waals surface area contributed by atoms with Gasteiger partial charge in [-0.1, -0.05) is 6.07 Å². The van der Waals surface area contributed by atoms with Gasteiger partial charge < -0.3 is 4.74 Å². The van der Waals surface area contributed by atoms with Crippen LogP contribution in [0, 0.1) is 0 Å². The first-order chi connectivity index (χ1) is 7.11. The molecule has 0 N–H and O–H groups in total. The Kier molecular flexibility index (Phi) is 2.69. The molecule has 15 heavy (non-hydrogen) atoms. The molecule has 1 aliphatic heterocycles. The molecule has 82 valence electrons. The molecule has 1 fully saturated rings. The maximum atomic E-state index is 11.6. The number of hydrogen-bond donors (Lipinski definition) is 0. The Morgan fingerprint density at radius 1 is 1.53 bits per heavy atom. The number of nitrogens with zero attached hydrogens (tertiary/aromatic N) is 1. The fourth-order valence-corrected chi connectivity index (χ4v) is 2.86. The van der Waals surface area contributed by atoms with Gasteiger partial charge in [0.2, 0.25) is 0 Å². The van der Waals surface area contributed by atoms with Gasteiger partial charge in [-0.3, -0.25) is 4.90 Å². The van der Waals surface area contributed by atoms with Crippen molar-refractivity contribution in [1.29, 1.82) is 0 Å². The highest BCUT2D eigenvalue weighted by molar-refractivity contribution is 7.10. The van der Waals surface area contributed by atoms with Crippen molar-refractivity contribution in [3.05, 3.63) is 22.4 Å². The maximum Gasteiger partial charge on any atom is 0.411 e. The number of hydrogen-bond acceptors (Lipinski definition) is 3. The van der Waals surface area contributed by atoms with Crippen molar-refractivity contribution < 1.29 is 9.53 Å². The zero-order chi connectivity index (χ0) is 11.0.